The highest BCUT2D eigenvalue weighted by Crippen LogP contribution is 2.35. The number of rotatable bonds is 7. The SMILES string of the molecule is COc1ccc(CN(c2nccs2)S(=O)(=O)c2ccc3c(-c4ccccc4O)nccc3c2)cc1. The average molecular weight is 504 g/mol. The van der Waals surface area contributed by atoms with E-state index in [9.17, 15) is 13.5 Å². The molecule has 1 N–H and O–H groups in total. The second kappa shape index (κ2) is 9.36. The number of fused-ring (bicyclic) bond motifs is 1. The molecule has 5 aromatic rings. The van der Waals surface area contributed by atoms with Crippen molar-refractivity contribution in [2.45, 2.75) is 11.4 Å². The van der Waals surface area contributed by atoms with E-state index in [1.807, 2.05) is 18.2 Å². The highest BCUT2D eigenvalue weighted by Gasteiger charge is 2.27. The van der Waals surface area contributed by atoms with E-state index in [2.05, 4.69) is 9.97 Å². The lowest BCUT2D eigenvalue weighted by atomic mass is 10.0. The van der Waals surface area contributed by atoms with Crippen LogP contribution in [0, 0.1) is 0 Å². The summed E-state index contributed by atoms with van der Waals surface area (Å²) >= 11 is 1.26. The number of phenols is 1. The Hall–Kier alpha value is -3.95. The van der Waals surface area contributed by atoms with Gasteiger partial charge < -0.3 is 9.84 Å². The Morgan fingerprint density at radius 1 is 0.971 bits per heavy atom. The van der Waals surface area contributed by atoms with E-state index < -0.39 is 10.0 Å². The van der Waals surface area contributed by atoms with Crippen molar-refractivity contribution in [1.29, 1.82) is 0 Å². The number of aromatic hydroxyl groups is 1. The third-order valence-electron chi connectivity index (χ3n) is 5.60. The maximum absolute atomic E-state index is 13.8. The fourth-order valence-corrected chi connectivity index (χ4v) is 6.14. The number of ether oxygens (including phenoxy) is 1. The van der Waals surface area contributed by atoms with Crippen LogP contribution in [0.25, 0.3) is 22.0 Å². The van der Waals surface area contributed by atoms with Crippen LogP contribution in [0.5, 0.6) is 11.5 Å². The van der Waals surface area contributed by atoms with Crippen LogP contribution in [0.1, 0.15) is 5.56 Å². The molecule has 5 rings (SSSR count). The fraction of sp³-hybridized carbons (Fsp3) is 0.0769. The van der Waals surface area contributed by atoms with Crippen LogP contribution in [-0.4, -0.2) is 30.6 Å². The summed E-state index contributed by atoms with van der Waals surface area (Å²) in [5.74, 6) is 0.805. The summed E-state index contributed by atoms with van der Waals surface area (Å²) in [6.45, 7) is 0.122. The molecular weight excluding hydrogens is 482 g/mol. The maximum Gasteiger partial charge on any atom is 0.266 e. The van der Waals surface area contributed by atoms with Crippen LogP contribution in [0.2, 0.25) is 0 Å². The van der Waals surface area contributed by atoms with Crippen molar-refractivity contribution in [3.05, 3.63) is 96.1 Å². The highest BCUT2D eigenvalue weighted by molar-refractivity contribution is 7.93. The Bertz CT molecular complexity index is 1590. The minimum absolute atomic E-state index is 0.110. The molecule has 0 unspecified atom stereocenters. The van der Waals surface area contributed by atoms with Crippen molar-refractivity contribution in [1.82, 2.24) is 9.97 Å². The number of thiazole rings is 1. The van der Waals surface area contributed by atoms with Gasteiger partial charge in [0.1, 0.15) is 11.5 Å². The van der Waals surface area contributed by atoms with Gasteiger partial charge in [0.25, 0.3) is 10.0 Å². The molecule has 0 aliphatic rings. The number of aromatic nitrogens is 2. The van der Waals surface area contributed by atoms with Crippen LogP contribution < -0.4 is 9.04 Å². The largest absolute Gasteiger partial charge is 0.507 e. The third kappa shape index (κ3) is 4.43. The molecule has 176 valence electrons. The first kappa shape index (κ1) is 22.8. The average Bonchev–Trinajstić information content (AvgIpc) is 3.42. The molecule has 0 saturated carbocycles. The van der Waals surface area contributed by atoms with Crippen LogP contribution in [-0.2, 0) is 16.6 Å². The number of anilines is 1. The molecule has 0 spiro atoms. The second-order valence-corrected chi connectivity index (χ2v) is 10.5. The van der Waals surface area contributed by atoms with Crippen molar-refractivity contribution >= 4 is 37.3 Å². The molecule has 2 aromatic heterocycles. The van der Waals surface area contributed by atoms with Crippen molar-refractivity contribution in [3.63, 3.8) is 0 Å². The van der Waals surface area contributed by atoms with E-state index in [1.165, 1.54) is 15.6 Å². The Balaban J connectivity index is 1.57. The number of hydrogen-bond donors (Lipinski definition) is 1. The molecule has 0 radical (unpaired) electrons. The molecule has 0 saturated heterocycles. The molecule has 0 aliphatic carbocycles. The van der Waals surface area contributed by atoms with Crippen LogP contribution in [0.15, 0.2) is 95.5 Å². The normalized spacial score (nSPS) is 11.5. The molecule has 2 heterocycles. The second-order valence-electron chi connectivity index (χ2n) is 7.73. The Kier molecular flexibility index (Phi) is 6.10. The van der Waals surface area contributed by atoms with E-state index in [-0.39, 0.29) is 17.2 Å². The Morgan fingerprint density at radius 2 is 1.77 bits per heavy atom. The first-order valence-corrected chi connectivity index (χ1v) is 13.0. The zero-order chi connectivity index (χ0) is 24.4. The molecule has 7 nitrogen and oxygen atoms in total. The number of hydrogen-bond acceptors (Lipinski definition) is 7. The lowest BCUT2D eigenvalue weighted by molar-refractivity contribution is 0.414. The number of sulfonamides is 1. The summed E-state index contributed by atoms with van der Waals surface area (Å²) in [5, 5.41) is 13.9. The molecule has 0 aliphatic heterocycles. The van der Waals surface area contributed by atoms with Gasteiger partial charge in [-0.25, -0.2) is 17.7 Å². The van der Waals surface area contributed by atoms with E-state index in [4.69, 9.17) is 4.74 Å². The highest BCUT2D eigenvalue weighted by atomic mass is 32.2. The van der Waals surface area contributed by atoms with Gasteiger partial charge in [0.2, 0.25) is 0 Å². The van der Waals surface area contributed by atoms with Gasteiger partial charge in [0, 0.05) is 28.7 Å². The predicted octanol–water partition coefficient (Wildman–Crippen LogP) is 5.47. The first-order chi connectivity index (χ1) is 17.0. The molecule has 35 heavy (non-hydrogen) atoms. The number of para-hydroxylation sites is 1. The van der Waals surface area contributed by atoms with Crippen molar-refractivity contribution in [2.24, 2.45) is 0 Å². The summed E-state index contributed by atoms with van der Waals surface area (Å²) < 4.78 is 34.2. The van der Waals surface area contributed by atoms with Gasteiger partial charge in [-0.1, -0.05) is 30.3 Å². The van der Waals surface area contributed by atoms with Gasteiger partial charge in [0.05, 0.1) is 24.2 Å². The van der Waals surface area contributed by atoms with Crippen LogP contribution >= 0.6 is 11.3 Å². The topological polar surface area (TPSA) is 92.6 Å². The van der Waals surface area contributed by atoms with Gasteiger partial charge in [-0.2, -0.15) is 0 Å². The van der Waals surface area contributed by atoms with Crippen molar-refractivity contribution < 1.29 is 18.3 Å². The maximum atomic E-state index is 13.8. The summed E-state index contributed by atoms with van der Waals surface area (Å²) in [6, 6.07) is 20.9. The standard InChI is InChI=1S/C26H21N3O4S2/c1-33-20-8-6-18(7-9-20)17-29(26-28-14-15-34-26)35(31,32)21-10-11-22-19(16-21)12-13-27-25(22)23-4-2-3-5-24(23)30/h2-16,30H,17H2,1H3. The Labute approximate surface area is 207 Å². The number of phenolic OH excluding ortho intramolecular Hbond substituents is 1. The fourth-order valence-electron chi connectivity index (χ4n) is 3.82. The summed E-state index contributed by atoms with van der Waals surface area (Å²) in [7, 11) is -2.35. The smallest absolute Gasteiger partial charge is 0.266 e. The number of nitrogens with zero attached hydrogens (tertiary/aromatic N) is 3. The summed E-state index contributed by atoms with van der Waals surface area (Å²) in [6.07, 6.45) is 3.19. The quantitative estimate of drug-likeness (QED) is 0.317. The molecule has 0 atom stereocenters. The first-order valence-electron chi connectivity index (χ1n) is 10.7. The van der Waals surface area contributed by atoms with Gasteiger partial charge >= 0.3 is 0 Å². The van der Waals surface area contributed by atoms with E-state index >= 15 is 0 Å². The van der Waals surface area contributed by atoms with E-state index in [0.29, 0.717) is 27.5 Å². The molecule has 9 heteroatoms. The number of benzene rings is 3. The molecular formula is C26H21N3O4S2. The van der Waals surface area contributed by atoms with Crippen LogP contribution in [0.3, 0.4) is 0 Å². The number of pyridine rings is 1. The lowest BCUT2D eigenvalue weighted by Crippen LogP contribution is -2.30. The molecule has 0 amide bonds. The zero-order valence-corrected chi connectivity index (χ0v) is 20.3. The minimum atomic E-state index is -3.93. The third-order valence-corrected chi connectivity index (χ3v) is 8.24. The van der Waals surface area contributed by atoms with E-state index in [0.717, 1.165) is 10.9 Å². The summed E-state index contributed by atoms with van der Waals surface area (Å²) in [5.41, 5.74) is 1.97. The molecule has 0 fully saturated rings. The zero-order valence-electron chi connectivity index (χ0n) is 18.7. The van der Waals surface area contributed by atoms with Gasteiger partial charge in [0.15, 0.2) is 5.13 Å². The predicted molar refractivity (Wildman–Crippen MR) is 137 cm³/mol. The van der Waals surface area contributed by atoms with Crippen LogP contribution in [0.4, 0.5) is 5.13 Å². The van der Waals surface area contributed by atoms with Gasteiger partial charge in [-0.3, -0.25) is 4.98 Å². The van der Waals surface area contributed by atoms with E-state index in [1.54, 1.807) is 79.5 Å². The monoisotopic (exact) mass is 503 g/mol. The number of methoxy groups -OCH3 is 1. The molecule has 3 aromatic carbocycles. The lowest BCUT2D eigenvalue weighted by Gasteiger charge is -2.22. The summed E-state index contributed by atoms with van der Waals surface area (Å²) in [4.78, 5) is 8.85. The molecule has 0 bridgehead atoms. The Morgan fingerprint density at radius 3 is 2.49 bits per heavy atom. The van der Waals surface area contributed by atoms with Crippen molar-refractivity contribution in [2.75, 3.05) is 11.4 Å². The van der Waals surface area contributed by atoms with Gasteiger partial charge in [-0.05, 0) is 53.4 Å². The van der Waals surface area contributed by atoms with Crippen molar-refractivity contribution in [3.8, 4) is 22.8 Å². The minimum Gasteiger partial charge on any atom is -0.507 e. The van der Waals surface area contributed by atoms with Gasteiger partial charge in [-0.15, -0.1) is 11.3 Å².